The lowest BCUT2D eigenvalue weighted by atomic mass is 10.0. The SMILES string of the molecule is CCCCCCCCCCOc1ccc(CC(O)c2cccc(I)c2)nc1C=O. The molecule has 1 aromatic heterocycles. The standard InChI is InChI=1S/C24H32INO3/c1-2-3-4-5-6-7-8-9-15-29-24-14-13-21(26-22(24)18-27)17-23(28)19-11-10-12-20(25)16-19/h10-14,16,18,23,28H,2-9,15,17H2,1H3. The smallest absolute Gasteiger partial charge is 0.172 e. The summed E-state index contributed by atoms with van der Waals surface area (Å²) in [5.74, 6) is 0.524. The van der Waals surface area contributed by atoms with Crippen molar-refractivity contribution in [3.63, 3.8) is 0 Å². The van der Waals surface area contributed by atoms with Crippen molar-refractivity contribution in [2.24, 2.45) is 0 Å². The average molecular weight is 509 g/mol. The van der Waals surface area contributed by atoms with Gasteiger partial charge in [0.1, 0.15) is 11.4 Å². The topological polar surface area (TPSA) is 59.4 Å². The number of unbranched alkanes of at least 4 members (excludes halogenated alkanes) is 7. The van der Waals surface area contributed by atoms with Crippen LogP contribution in [0.5, 0.6) is 5.75 Å². The van der Waals surface area contributed by atoms with Gasteiger partial charge in [-0.05, 0) is 58.8 Å². The van der Waals surface area contributed by atoms with Crippen LogP contribution in [0.1, 0.15) is 86.1 Å². The summed E-state index contributed by atoms with van der Waals surface area (Å²) in [5, 5.41) is 10.5. The number of carbonyl (C=O) groups is 1. The van der Waals surface area contributed by atoms with Gasteiger partial charge >= 0.3 is 0 Å². The molecule has 1 N–H and O–H groups in total. The number of aromatic nitrogens is 1. The molecule has 1 atom stereocenters. The molecule has 0 aliphatic rings. The molecule has 0 aliphatic carbocycles. The fourth-order valence-corrected chi connectivity index (χ4v) is 3.84. The zero-order valence-corrected chi connectivity index (χ0v) is 19.4. The maximum atomic E-state index is 11.4. The number of pyridine rings is 1. The Bertz CT molecular complexity index is 751. The van der Waals surface area contributed by atoms with Crippen molar-refractivity contribution in [3.8, 4) is 5.75 Å². The lowest BCUT2D eigenvalue weighted by molar-refractivity contribution is 0.111. The van der Waals surface area contributed by atoms with E-state index in [-0.39, 0.29) is 0 Å². The number of hydrogen-bond donors (Lipinski definition) is 1. The van der Waals surface area contributed by atoms with Crippen LogP contribution in [-0.2, 0) is 6.42 Å². The van der Waals surface area contributed by atoms with E-state index < -0.39 is 6.10 Å². The van der Waals surface area contributed by atoms with E-state index in [1.807, 2.05) is 30.3 Å². The molecule has 5 heteroatoms. The molecule has 0 aliphatic heterocycles. The third-order valence-corrected chi connectivity index (χ3v) is 5.62. The molecule has 158 valence electrons. The maximum absolute atomic E-state index is 11.4. The first kappa shape index (κ1) is 23.8. The van der Waals surface area contributed by atoms with Gasteiger partial charge in [0.25, 0.3) is 0 Å². The van der Waals surface area contributed by atoms with Crippen molar-refractivity contribution in [3.05, 3.63) is 56.9 Å². The Labute approximate surface area is 188 Å². The van der Waals surface area contributed by atoms with Gasteiger partial charge in [0.15, 0.2) is 6.29 Å². The van der Waals surface area contributed by atoms with Crippen LogP contribution in [0.15, 0.2) is 36.4 Å². The molecule has 1 unspecified atom stereocenters. The highest BCUT2D eigenvalue weighted by molar-refractivity contribution is 14.1. The van der Waals surface area contributed by atoms with Crippen molar-refractivity contribution >= 4 is 28.9 Å². The lowest BCUT2D eigenvalue weighted by Gasteiger charge is -2.13. The number of ether oxygens (including phenoxy) is 1. The fourth-order valence-electron chi connectivity index (χ4n) is 3.27. The summed E-state index contributed by atoms with van der Waals surface area (Å²) >= 11 is 2.22. The van der Waals surface area contributed by atoms with Gasteiger partial charge in [0.05, 0.1) is 12.7 Å². The highest BCUT2D eigenvalue weighted by Gasteiger charge is 2.12. The fraction of sp³-hybridized carbons (Fsp3) is 0.500. The van der Waals surface area contributed by atoms with E-state index in [9.17, 15) is 9.90 Å². The molecule has 0 saturated heterocycles. The van der Waals surface area contributed by atoms with Gasteiger partial charge < -0.3 is 9.84 Å². The van der Waals surface area contributed by atoms with E-state index in [0.717, 1.165) is 28.3 Å². The Balaban J connectivity index is 1.78. The molecule has 2 rings (SSSR count). The number of rotatable bonds is 14. The number of hydrogen-bond acceptors (Lipinski definition) is 4. The van der Waals surface area contributed by atoms with Crippen LogP contribution >= 0.6 is 22.6 Å². The highest BCUT2D eigenvalue weighted by atomic mass is 127. The molecule has 4 nitrogen and oxygen atoms in total. The van der Waals surface area contributed by atoms with Gasteiger partial charge in [-0.1, -0.05) is 64.0 Å². The molecule has 0 saturated carbocycles. The lowest BCUT2D eigenvalue weighted by Crippen LogP contribution is -2.07. The number of aldehydes is 1. The molecule has 1 aromatic carbocycles. The quantitative estimate of drug-likeness (QED) is 0.185. The summed E-state index contributed by atoms with van der Waals surface area (Å²) in [7, 11) is 0. The molecule has 0 spiro atoms. The number of halogens is 1. The van der Waals surface area contributed by atoms with Crippen LogP contribution < -0.4 is 4.74 Å². The van der Waals surface area contributed by atoms with Crippen LogP contribution in [0.3, 0.4) is 0 Å². The molecule has 1 heterocycles. The van der Waals surface area contributed by atoms with Crippen molar-refractivity contribution in [2.45, 2.75) is 70.8 Å². The van der Waals surface area contributed by atoms with E-state index in [0.29, 0.717) is 30.2 Å². The largest absolute Gasteiger partial charge is 0.491 e. The van der Waals surface area contributed by atoms with Crippen LogP contribution in [-0.4, -0.2) is 23.0 Å². The predicted octanol–water partition coefficient (Wildman–Crippen LogP) is 6.29. The third-order valence-electron chi connectivity index (χ3n) is 4.95. The monoisotopic (exact) mass is 509 g/mol. The van der Waals surface area contributed by atoms with Crippen molar-refractivity contribution in [2.75, 3.05) is 6.61 Å². The van der Waals surface area contributed by atoms with E-state index in [1.165, 1.54) is 38.5 Å². The molecule has 0 bridgehead atoms. The number of benzene rings is 1. The van der Waals surface area contributed by atoms with Gasteiger partial charge in [0.2, 0.25) is 0 Å². The zero-order valence-electron chi connectivity index (χ0n) is 17.3. The van der Waals surface area contributed by atoms with Crippen LogP contribution in [0.25, 0.3) is 0 Å². The Morgan fingerprint density at radius 2 is 1.79 bits per heavy atom. The summed E-state index contributed by atoms with van der Waals surface area (Å²) < 4.78 is 6.85. The van der Waals surface area contributed by atoms with Gasteiger partial charge in [-0.2, -0.15) is 0 Å². The third kappa shape index (κ3) is 8.83. The van der Waals surface area contributed by atoms with Gasteiger partial charge in [0, 0.05) is 15.7 Å². The first-order chi connectivity index (χ1) is 14.1. The van der Waals surface area contributed by atoms with Crippen LogP contribution in [0.4, 0.5) is 0 Å². The molecule has 2 aromatic rings. The average Bonchev–Trinajstić information content (AvgIpc) is 2.73. The second-order valence-corrected chi connectivity index (χ2v) is 8.65. The summed E-state index contributed by atoms with van der Waals surface area (Å²) in [4.78, 5) is 15.8. The molecule has 0 amide bonds. The maximum Gasteiger partial charge on any atom is 0.172 e. The van der Waals surface area contributed by atoms with E-state index in [2.05, 4.69) is 34.5 Å². The molecule has 0 fully saturated rings. The van der Waals surface area contributed by atoms with Crippen molar-refractivity contribution in [1.29, 1.82) is 0 Å². The minimum atomic E-state index is -0.652. The molecule has 0 radical (unpaired) electrons. The first-order valence-corrected chi connectivity index (χ1v) is 11.7. The number of carbonyl (C=O) groups excluding carboxylic acids is 1. The zero-order chi connectivity index (χ0) is 20.9. The summed E-state index contributed by atoms with van der Waals surface area (Å²) in [6.45, 7) is 2.83. The summed E-state index contributed by atoms with van der Waals surface area (Å²) in [6, 6.07) is 11.4. The van der Waals surface area contributed by atoms with Crippen molar-refractivity contribution in [1.82, 2.24) is 4.98 Å². The summed E-state index contributed by atoms with van der Waals surface area (Å²) in [6.07, 6.45) is 10.4. The number of nitrogens with zero attached hydrogens (tertiary/aromatic N) is 1. The number of aliphatic hydroxyl groups is 1. The Morgan fingerprint density at radius 3 is 2.48 bits per heavy atom. The first-order valence-electron chi connectivity index (χ1n) is 10.7. The molecule has 29 heavy (non-hydrogen) atoms. The minimum Gasteiger partial charge on any atom is -0.491 e. The normalized spacial score (nSPS) is 12.0. The van der Waals surface area contributed by atoms with Crippen molar-refractivity contribution < 1.29 is 14.6 Å². The molecular weight excluding hydrogens is 477 g/mol. The highest BCUT2D eigenvalue weighted by Crippen LogP contribution is 2.22. The van der Waals surface area contributed by atoms with Crippen LogP contribution in [0.2, 0.25) is 0 Å². The second kappa shape index (κ2) is 13.7. The summed E-state index contributed by atoms with van der Waals surface area (Å²) in [5.41, 5.74) is 1.83. The van der Waals surface area contributed by atoms with Gasteiger partial charge in [-0.15, -0.1) is 0 Å². The number of aliphatic hydroxyl groups excluding tert-OH is 1. The van der Waals surface area contributed by atoms with E-state index in [4.69, 9.17) is 4.74 Å². The second-order valence-electron chi connectivity index (χ2n) is 7.40. The van der Waals surface area contributed by atoms with Gasteiger partial charge in [-0.3, -0.25) is 4.79 Å². The van der Waals surface area contributed by atoms with E-state index in [1.54, 1.807) is 6.07 Å². The van der Waals surface area contributed by atoms with Gasteiger partial charge in [-0.25, -0.2) is 4.98 Å². The van der Waals surface area contributed by atoms with Crippen LogP contribution in [0, 0.1) is 3.57 Å². The predicted molar refractivity (Wildman–Crippen MR) is 126 cm³/mol. The Hall–Kier alpha value is -1.47. The molecular formula is C24H32INO3. The van der Waals surface area contributed by atoms with E-state index >= 15 is 0 Å². The Morgan fingerprint density at radius 1 is 1.07 bits per heavy atom. The minimum absolute atomic E-state index is 0.303. The Kier molecular flexibility index (Phi) is 11.2.